The molecule has 32 heavy (non-hydrogen) atoms. The Morgan fingerprint density at radius 3 is 2.25 bits per heavy atom. The summed E-state index contributed by atoms with van der Waals surface area (Å²) in [4.78, 5) is 10.7. The number of hydrogen-bond donors (Lipinski definition) is 1. The number of benzene rings is 2. The van der Waals surface area contributed by atoms with E-state index >= 15 is 0 Å². The summed E-state index contributed by atoms with van der Waals surface area (Å²) in [6, 6.07) is 13.4. The number of anilines is 1. The number of fused-ring (bicyclic) bond motifs is 1. The highest BCUT2D eigenvalue weighted by Gasteiger charge is 2.13. The van der Waals surface area contributed by atoms with E-state index in [4.69, 9.17) is 9.47 Å². The molecule has 170 valence electrons. The molecule has 0 aliphatic rings. The van der Waals surface area contributed by atoms with Crippen molar-refractivity contribution in [1.29, 1.82) is 0 Å². The van der Waals surface area contributed by atoms with Crippen LogP contribution in [0.3, 0.4) is 0 Å². The number of nitrogens with zero attached hydrogens (tertiary/aromatic N) is 5. The number of aromatic nitrogens is 2. The van der Waals surface area contributed by atoms with Crippen LogP contribution in [-0.2, 0) is 0 Å². The topological polar surface area (TPSA) is 84.2 Å². The van der Waals surface area contributed by atoms with Crippen LogP contribution in [0.4, 0.5) is 17.1 Å². The van der Waals surface area contributed by atoms with Crippen molar-refractivity contribution in [3.05, 3.63) is 42.6 Å². The molecule has 0 aliphatic carbocycles. The van der Waals surface area contributed by atoms with Gasteiger partial charge in [0.25, 0.3) is 0 Å². The lowest BCUT2D eigenvalue weighted by Gasteiger charge is -2.30. The summed E-state index contributed by atoms with van der Waals surface area (Å²) >= 11 is 0. The molecule has 3 aromatic rings. The standard InChI is InChI=1S/C24H32N6O2/c1-16(2)30(17(3)4)14-13-25-20-11-12-21(19-10-8-7-9-18(19)20)28-29-22-15-26-24(32-6)27-23(22)31-5/h7-12,15-17,25H,13-14H2,1-6H3. The van der Waals surface area contributed by atoms with E-state index in [1.165, 1.54) is 20.4 Å². The highest BCUT2D eigenvalue weighted by atomic mass is 16.5. The van der Waals surface area contributed by atoms with E-state index in [0.29, 0.717) is 23.7 Å². The molecular formula is C24H32N6O2. The Labute approximate surface area is 189 Å². The molecule has 2 aromatic carbocycles. The number of ether oxygens (including phenoxy) is 2. The molecule has 0 atom stereocenters. The third kappa shape index (κ3) is 5.50. The van der Waals surface area contributed by atoms with Crippen molar-refractivity contribution in [2.45, 2.75) is 39.8 Å². The number of hydrogen-bond acceptors (Lipinski definition) is 8. The Morgan fingerprint density at radius 2 is 1.59 bits per heavy atom. The second kappa shape index (κ2) is 10.9. The van der Waals surface area contributed by atoms with E-state index in [1.54, 1.807) is 0 Å². The van der Waals surface area contributed by atoms with Crippen LogP contribution in [0.5, 0.6) is 11.9 Å². The normalized spacial score (nSPS) is 11.8. The zero-order valence-electron chi connectivity index (χ0n) is 19.7. The van der Waals surface area contributed by atoms with Crippen LogP contribution >= 0.6 is 0 Å². The first-order chi connectivity index (χ1) is 15.4. The maximum Gasteiger partial charge on any atom is 0.319 e. The van der Waals surface area contributed by atoms with Crippen LogP contribution in [0, 0.1) is 0 Å². The molecule has 1 N–H and O–H groups in total. The average molecular weight is 437 g/mol. The number of azo groups is 1. The van der Waals surface area contributed by atoms with Crippen molar-refractivity contribution in [2.75, 3.05) is 32.6 Å². The lowest BCUT2D eigenvalue weighted by molar-refractivity contribution is 0.182. The monoisotopic (exact) mass is 436 g/mol. The SMILES string of the molecule is COc1ncc(N=Nc2ccc(NCCN(C(C)C)C(C)C)c3ccccc23)c(OC)n1. The first-order valence-corrected chi connectivity index (χ1v) is 10.8. The second-order valence-electron chi connectivity index (χ2n) is 7.98. The molecule has 8 heteroatoms. The number of rotatable bonds is 10. The first kappa shape index (κ1) is 23.4. The zero-order chi connectivity index (χ0) is 23.1. The van der Waals surface area contributed by atoms with E-state index in [0.717, 1.165) is 35.2 Å². The molecule has 0 fully saturated rings. The van der Waals surface area contributed by atoms with Crippen LogP contribution < -0.4 is 14.8 Å². The van der Waals surface area contributed by atoms with Gasteiger partial charge in [0, 0.05) is 41.6 Å². The largest absolute Gasteiger partial charge is 0.479 e. The third-order valence-corrected chi connectivity index (χ3v) is 5.27. The molecule has 0 saturated carbocycles. The summed E-state index contributed by atoms with van der Waals surface area (Å²) in [5, 5.41) is 14.5. The van der Waals surface area contributed by atoms with E-state index in [1.807, 2.05) is 30.3 Å². The Kier molecular flexibility index (Phi) is 7.94. The van der Waals surface area contributed by atoms with Crippen molar-refractivity contribution in [2.24, 2.45) is 10.2 Å². The van der Waals surface area contributed by atoms with Crippen molar-refractivity contribution >= 4 is 27.8 Å². The minimum absolute atomic E-state index is 0.218. The lowest BCUT2D eigenvalue weighted by Crippen LogP contribution is -2.40. The van der Waals surface area contributed by atoms with Crippen LogP contribution in [-0.4, -0.2) is 54.3 Å². The van der Waals surface area contributed by atoms with E-state index in [2.05, 4.69) is 64.2 Å². The van der Waals surface area contributed by atoms with E-state index in [9.17, 15) is 0 Å². The van der Waals surface area contributed by atoms with Crippen LogP contribution in [0.2, 0.25) is 0 Å². The van der Waals surface area contributed by atoms with Gasteiger partial charge >= 0.3 is 6.01 Å². The molecular weight excluding hydrogens is 404 g/mol. The number of nitrogens with one attached hydrogen (secondary N) is 1. The first-order valence-electron chi connectivity index (χ1n) is 10.8. The highest BCUT2D eigenvalue weighted by Crippen LogP contribution is 2.34. The molecule has 0 spiro atoms. The van der Waals surface area contributed by atoms with Gasteiger partial charge in [0.15, 0.2) is 5.69 Å². The highest BCUT2D eigenvalue weighted by molar-refractivity contribution is 6.00. The average Bonchev–Trinajstić information content (AvgIpc) is 2.80. The van der Waals surface area contributed by atoms with Gasteiger partial charge in [-0.15, -0.1) is 10.2 Å². The fourth-order valence-corrected chi connectivity index (χ4v) is 3.73. The molecule has 0 unspecified atom stereocenters. The van der Waals surface area contributed by atoms with Gasteiger partial charge in [0.1, 0.15) is 0 Å². The molecule has 0 bridgehead atoms. The van der Waals surface area contributed by atoms with Crippen LogP contribution in [0.1, 0.15) is 27.7 Å². The molecule has 0 amide bonds. The molecule has 0 aliphatic heterocycles. The minimum atomic E-state index is 0.218. The number of methoxy groups -OCH3 is 2. The fraction of sp³-hybridized carbons (Fsp3) is 0.417. The summed E-state index contributed by atoms with van der Waals surface area (Å²) < 4.78 is 10.3. The molecule has 1 heterocycles. The Bertz CT molecular complexity index is 1060. The Hall–Kier alpha value is -3.26. The quantitative estimate of drug-likeness (QED) is 0.417. The molecule has 0 radical (unpaired) electrons. The maximum absolute atomic E-state index is 5.28. The summed E-state index contributed by atoms with van der Waals surface area (Å²) in [6.07, 6.45) is 1.53. The molecule has 3 rings (SSSR count). The van der Waals surface area contributed by atoms with Gasteiger partial charge < -0.3 is 14.8 Å². The van der Waals surface area contributed by atoms with Crippen LogP contribution in [0.15, 0.2) is 52.8 Å². The summed E-state index contributed by atoms with van der Waals surface area (Å²) in [5.74, 6) is 0.308. The van der Waals surface area contributed by atoms with E-state index < -0.39 is 0 Å². The Balaban J connectivity index is 1.83. The van der Waals surface area contributed by atoms with Gasteiger partial charge in [-0.25, -0.2) is 4.98 Å². The smallest absolute Gasteiger partial charge is 0.319 e. The third-order valence-electron chi connectivity index (χ3n) is 5.27. The molecule has 0 saturated heterocycles. The van der Waals surface area contributed by atoms with Gasteiger partial charge in [-0.1, -0.05) is 24.3 Å². The van der Waals surface area contributed by atoms with Crippen LogP contribution in [0.25, 0.3) is 10.8 Å². The molecule has 1 aromatic heterocycles. The summed E-state index contributed by atoms with van der Waals surface area (Å²) in [7, 11) is 3.03. The van der Waals surface area contributed by atoms with Crippen molar-refractivity contribution < 1.29 is 9.47 Å². The van der Waals surface area contributed by atoms with Crippen molar-refractivity contribution in [3.8, 4) is 11.9 Å². The minimum Gasteiger partial charge on any atom is -0.479 e. The summed E-state index contributed by atoms with van der Waals surface area (Å²) in [5.41, 5.74) is 2.27. The second-order valence-corrected chi connectivity index (χ2v) is 7.98. The lowest BCUT2D eigenvalue weighted by atomic mass is 10.1. The van der Waals surface area contributed by atoms with Crippen molar-refractivity contribution in [3.63, 3.8) is 0 Å². The summed E-state index contributed by atoms with van der Waals surface area (Å²) in [6.45, 7) is 10.8. The van der Waals surface area contributed by atoms with Gasteiger partial charge in [-0.3, -0.25) is 4.90 Å². The maximum atomic E-state index is 5.28. The van der Waals surface area contributed by atoms with Gasteiger partial charge in [0.05, 0.1) is 26.1 Å². The fourth-order valence-electron chi connectivity index (χ4n) is 3.73. The predicted octanol–water partition coefficient (Wildman–Crippen LogP) is 5.59. The van der Waals surface area contributed by atoms with Gasteiger partial charge in [-0.2, -0.15) is 4.98 Å². The molecule has 8 nitrogen and oxygen atoms in total. The Morgan fingerprint density at radius 1 is 0.906 bits per heavy atom. The van der Waals surface area contributed by atoms with E-state index in [-0.39, 0.29) is 6.01 Å². The van der Waals surface area contributed by atoms with Crippen molar-refractivity contribution in [1.82, 2.24) is 14.9 Å². The zero-order valence-corrected chi connectivity index (χ0v) is 19.7. The predicted molar refractivity (Wildman–Crippen MR) is 129 cm³/mol. The van der Waals surface area contributed by atoms with Gasteiger partial charge in [-0.05, 0) is 39.8 Å². The van der Waals surface area contributed by atoms with Gasteiger partial charge in [0.2, 0.25) is 5.88 Å².